The van der Waals surface area contributed by atoms with Crippen LogP contribution in [0.2, 0.25) is 5.02 Å². The molecule has 2 aromatic rings. The second-order valence-electron chi connectivity index (χ2n) is 3.93. The van der Waals surface area contributed by atoms with Crippen molar-refractivity contribution in [2.75, 3.05) is 5.32 Å². The number of hydrogen-bond donors (Lipinski definition) is 1. The zero-order valence-corrected chi connectivity index (χ0v) is 13.0. The third kappa shape index (κ3) is 2.94. The van der Waals surface area contributed by atoms with Gasteiger partial charge in [0, 0.05) is 14.4 Å². The van der Waals surface area contributed by atoms with Crippen LogP contribution in [0.15, 0.2) is 28.7 Å². The summed E-state index contributed by atoms with van der Waals surface area (Å²) in [4.78, 5) is 13.9. The Morgan fingerprint density at radius 1 is 1.33 bits per heavy atom. The van der Waals surface area contributed by atoms with E-state index in [1.54, 1.807) is 18.2 Å². The van der Waals surface area contributed by atoms with Crippen molar-refractivity contribution in [3.05, 3.63) is 49.1 Å². The minimum atomic E-state index is -0.0979. The fraction of sp³-hybridized carbons (Fsp3) is 0.154. The lowest BCUT2D eigenvalue weighted by Gasteiger charge is -2.06. The van der Waals surface area contributed by atoms with E-state index in [0.717, 1.165) is 14.9 Å². The Balaban J connectivity index is 2.21. The van der Waals surface area contributed by atoms with Crippen LogP contribution in [0.25, 0.3) is 0 Å². The Morgan fingerprint density at radius 2 is 2.06 bits per heavy atom. The van der Waals surface area contributed by atoms with Gasteiger partial charge in [-0.2, -0.15) is 0 Å². The first kappa shape index (κ1) is 13.6. The van der Waals surface area contributed by atoms with Crippen molar-refractivity contribution < 1.29 is 4.79 Å². The summed E-state index contributed by atoms with van der Waals surface area (Å²) in [6.07, 6.45) is 0. The Kier molecular flexibility index (Phi) is 4.10. The number of aryl methyl sites for hydroxylation is 2. The van der Waals surface area contributed by atoms with Gasteiger partial charge in [0.15, 0.2) is 0 Å². The molecule has 0 aliphatic rings. The van der Waals surface area contributed by atoms with Crippen molar-refractivity contribution >= 4 is 50.5 Å². The lowest BCUT2D eigenvalue weighted by molar-refractivity contribution is 0.103. The molecule has 2 rings (SSSR count). The van der Waals surface area contributed by atoms with Crippen LogP contribution in [0.1, 0.15) is 20.1 Å². The maximum absolute atomic E-state index is 12.1. The van der Waals surface area contributed by atoms with E-state index >= 15 is 0 Å². The van der Waals surface area contributed by atoms with Crippen molar-refractivity contribution in [2.24, 2.45) is 0 Å². The third-order valence-electron chi connectivity index (χ3n) is 2.57. The topological polar surface area (TPSA) is 29.1 Å². The highest BCUT2D eigenvalue weighted by Crippen LogP contribution is 2.27. The summed E-state index contributed by atoms with van der Waals surface area (Å²) in [5.41, 5.74) is 1.86. The largest absolute Gasteiger partial charge is 0.320 e. The molecular weight excluding hydrogens is 334 g/mol. The molecule has 0 fully saturated rings. The van der Waals surface area contributed by atoms with Gasteiger partial charge >= 0.3 is 0 Å². The van der Waals surface area contributed by atoms with Crippen molar-refractivity contribution in [2.45, 2.75) is 13.8 Å². The highest BCUT2D eigenvalue weighted by atomic mass is 79.9. The van der Waals surface area contributed by atoms with E-state index in [9.17, 15) is 4.79 Å². The molecule has 5 heteroatoms. The summed E-state index contributed by atoms with van der Waals surface area (Å²) in [5, 5.41) is 3.49. The molecule has 94 valence electrons. The van der Waals surface area contributed by atoms with Crippen LogP contribution in [-0.2, 0) is 0 Å². The van der Waals surface area contributed by atoms with Crippen molar-refractivity contribution in [3.63, 3.8) is 0 Å². The maximum Gasteiger partial charge on any atom is 0.265 e. The Morgan fingerprint density at radius 3 is 2.61 bits per heavy atom. The van der Waals surface area contributed by atoms with Crippen molar-refractivity contribution in [3.8, 4) is 0 Å². The van der Waals surface area contributed by atoms with Gasteiger partial charge in [0.2, 0.25) is 0 Å². The summed E-state index contributed by atoms with van der Waals surface area (Å²) in [6.45, 7) is 4.01. The molecule has 1 heterocycles. The molecule has 1 N–H and O–H groups in total. The number of halogens is 2. The molecule has 0 spiro atoms. The average molecular weight is 345 g/mol. The van der Waals surface area contributed by atoms with Gasteiger partial charge in [-0.25, -0.2) is 0 Å². The van der Waals surface area contributed by atoms with Gasteiger partial charge in [0.25, 0.3) is 5.91 Å². The molecule has 0 saturated heterocycles. The number of amides is 1. The molecule has 2 nitrogen and oxygen atoms in total. The maximum atomic E-state index is 12.1. The molecule has 0 aliphatic carbocycles. The van der Waals surface area contributed by atoms with Gasteiger partial charge in [0.1, 0.15) is 0 Å². The zero-order valence-electron chi connectivity index (χ0n) is 9.88. The van der Waals surface area contributed by atoms with Crippen LogP contribution in [0, 0.1) is 13.8 Å². The van der Waals surface area contributed by atoms with E-state index < -0.39 is 0 Å². The first-order valence-corrected chi connectivity index (χ1v) is 7.29. The monoisotopic (exact) mass is 343 g/mol. The number of anilines is 1. The predicted molar refractivity (Wildman–Crippen MR) is 80.9 cm³/mol. The van der Waals surface area contributed by atoms with E-state index in [1.165, 1.54) is 11.3 Å². The molecule has 1 aromatic heterocycles. The predicted octanol–water partition coefficient (Wildman–Crippen LogP) is 5.03. The van der Waals surface area contributed by atoms with E-state index in [2.05, 4.69) is 21.2 Å². The van der Waals surface area contributed by atoms with E-state index in [4.69, 9.17) is 11.6 Å². The summed E-state index contributed by atoms with van der Waals surface area (Å²) >= 11 is 10.7. The van der Waals surface area contributed by atoms with Crippen LogP contribution >= 0.6 is 38.9 Å². The van der Waals surface area contributed by atoms with Gasteiger partial charge < -0.3 is 5.32 Å². The molecule has 0 radical (unpaired) electrons. The summed E-state index contributed by atoms with van der Waals surface area (Å²) in [6, 6.07) is 7.17. The highest BCUT2D eigenvalue weighted by Gasteiger charge is 2.12. The van der Waals surface area contributed by atoms with Crippen LogP contribution in [0.3, 0.4) is 0 Å². The number of hydrogen-bond acceptors (Lipinski definition) is 2. The molecule has 0 atom stereocenters. The summed E-state index contributed by atoms with van der Waals surface area (Å²) in [5.74, 6) is -0.0979. The number of thiophene rings is 1. The normalized spacial score (nSPS) is 10.4. The molecule has 0 aliphatic heterocycles. The second-order valence-corrected chi connectivity index (χ2v) is 6.48. The molecule has 0 bridgehead atoms. The lowest BCUT2D eigenvalue weighted by Crippen LogP contribution is -2.10. The Hall–Kier alpha value is -0.840. The molecular formula is C13H11BrClNOS. The minimum absolute atomic E-state index is 0.0979. The van der Waals surface area contributed by atoms with Crippen LogP contribution in [-0.4, -0.2) is 5.91 Å². The molecule has 18 heavy (non-hydrogen) atoms. The molecule has 1 amide bonds. The second kappa shape index (κ2) is 5.43. The fourth-order valence-corrected chi connectivity index (χ4v) is 3.17. The van der Waals surface area contributed by atoms with Gasteiger partial charge in [-0.3, -0.25) is 4.79 Å². The molecule has 1 aromatic carbocycles. The first-order valence-electron chi connectivity index (χ1n) is 5.31. The number of carbonyl (C=O) groups is 1. The fourth-order valence-electron chi connectivity index (χ4n) is 1.46. The number of benzene rings is 1. The number of nitrogens with one attached hydrogen (secondary N) is 1. The standard InChI is InChI=1S/C13H11BrClNOS/c1-7-5-12(18-8(7)2)13(17)16-11-4-3-9(15)6-10(11)14/h3-6H,1-2H3,(H,16,17). The molecule has 0 saturated carbocycles. The van der Waals surface area contributed by atoms with Crippen LogP contribution < -0.4 is 5.32 Å². The quantitative estimate of drug-likeness (QED) is 0.813. The SMILES string of the molecule is Cc1cc(C(=O)Nc2ccc(Cl)cc2Br)sc1C. The van der Waals surface area contributed by atoms with Gasteiger partial charge in [-0.05, 0) is 59.6 Å². The van der Waals surface area contributed by atoms with Gasteiger partial charge in [0.05, 0.1) is 10.6 Å². The van der Waals surface area contributed by atoms with E-state index in [1.807, 2.05) is 19.9 Å². The van der Waals surface area contributed by atoms with Gasteiger partial charge in [-0.15, -0.1) is 11.3 Å². The van der Waals surface area contributed by atoms with E-state index in [0.29, 0.717) is 15.6 Å². The number of rotatable bonds is 2. The zero-order chi connectivity index (χ0) is 13.3. The van der Waals surface area contributed by atoms with Crippen LogP contribution in [0.5, 0.6) is 0 Å². The van der Waals surface area contributed by atoms with E-state index in [-0.39, 0.29) is 5.91 Å². The molecule has 0 unspecified atom stereocenters. The summed E-state index contributed by atoms with van der Waals surface area (Å²) in [7, 11) is 0. The average Bonchev–Trinajstić information content (AvgIpc) is 2.63. The van der Waals surface area contributed by atoms with Crippen molar-refractivity contribution in [1.82, 2.24) is 0 Å². The van der Waals surface area contributed by atoms with Crippen molar-refractivity contribution in [1.29, 1.82) is 0 Å². The third-order valence-corrected chi connectivity index (χ3v) is 4.61. The highest BCUT2D eigenvalue weighted by molar-refractivity contribution is 9.10. The Bertz CT molecular complexity index is 590. The van der Waals surface area contributed by atoms with Crippen LogP contribution in [0.4, 0.5) is 5.69 Å². The lowest BCUT2D eigenvalue weighted by atomic mass is 10.2. The smallest absolute Gasteiger partial charge is 0.265 e. The summed E-state index contributed by atoms with van der Waals surface area (Å²) < 4.78 is 0.772. The van der Waals surface area contributed by atoms with Gasteiger partial charge in [-0.1, -0.05) is 11.6 Å². The Labute approximate surface area is 123 Å². The first-order chi connectivity index (χ1) is 8.47. The minimum Gasteiger partial charge on any atom is -0.320 e. The number of carbonyl (C=O) groups excluding carboxylic acids is 1.